The molecule has 1 atom stereocenters. The van der Waals surface area contributed by atoms with E-state index in [-0.39, 0.29) is 12.1 Å². The minimum absolute atomic E-state index is 0.0859. The lowest BCUT2D eigenvalue weighted by Crippen LogP contribution is -1.99. The first-order valence-electron chi connectivity index (χ1n) is 7.14. The first-order chi connectivity index (χ1) is 8.24. The van der Waals surface area contributed by atoms with Gasteiger partial charge in [0, 0.05) is 12.0 Å². The van der Waals surface area contributed by atoms with Gasteiger partial charge in [-0.1, -0.05) is 51.5 Å². The summed E-state index contributed by atoms with van der Waals surface area (Å²) >= 11 is 0. The van der Waals surface area contributed by atoms with Gasteiger partial charge in [0.1, 0.15) is 6.10 Å². The van der Waals surface area contributed by atoms with Crippen LogP contribution < -0.4 is 0 Å². The van der Waals surface area contributed by atoms with Crippen LogP contribution in [0.2, 0.25) is 0 Å². The van der Waals surface area contributed by atoms with Crippen molar-refractivity contribution in [3.63, 3.8) is 0 Å². The average Bonchev–Trinajstić information content (AvgIpc) is 2.61. The topological polar surface area (TPSA) is 26.3 Å². The normalized spacial score (nSPS) is 22.1. The predicted octanol–water partition coefficient (Wildman–Crippen LogP) is 4.39. The van der Waals surface area contributed by atoms with Crippen LogP contribution in [-0.2, 0) is 9.53 Å². The van der Waals surface area contributed by atoms with Gasteiger partial charge in [0.2, 0.25) is 0 Å². The van der Waals surface area contributed by atoms with E-state index in [9.17, 15) is 4.79 Å². The second kappa shape index (κ2) is 8.32. The lowest BCUT2D eigenvalue weighted by molar-refractivity contribution is -0.138. The van der Waals surface area contributed by atoms with Gasteiger partial charge in [0.05, 0.1) is 0 Å². The standard InChI is InChI=1S/C15H26O2/c1-3-4-5-6-7-8-9-10-11-14-12-13(2)17-15(14)16/h11,13H,3-10,12H2,1-2H3/b14-11+. The fraction of sp³-hybridized carbons (Fsp3) is 0.800. The van der Waals surface area contributed by atoms with Crippen molar-refractivity contribution < 1.29 is 9.53 Å². The van der Waals surface area contributed by atoms with Gasteiger partial charge in [-0.25, -0.2) is 4.79 Å². The largest absolute Gasteiger partial charge is 0.459 e. The van der Waals surface area contributed by atoms with E-state index in [0.717, 1.165) is 18.4 Å². The van der Waals surface area contributed by atoms with E-state index in [1.165, 1.54) is 44.9 Å². The van der Waals surface area contributed by atoms with Crippen LogP contribution in [0.3, 0.4) is 0 Å². The molecular formula is C15H26O2. The summed E-state index contributed by atoms with van der Waals surface area (Å²) in [5, 5.41) is 0. The number of esters is 1. The molecule has 0 aromatic carbocycles. The molecule has 0 amide bonds. The van der Waals surface area contributed by atoms with E-state index in [1.807, 2.05) is 6.92 Å². The monoisotopic (exact) mass is 238 g/mol. The molecule has 1 rings (SSSR count). The quantitative estimate of drug-likeness (QED) is 0.356. The van der Waals surface area contributed by atoms with Gasteiger partial charge >= 0.3 is 5.97 Å². The van der Waals surface area contributed by atoms with Crippen molar-refractivity contribution in [2.75, 3.05) is 0 Å². The van der Waals surface area contributed by atoms with Crippen LogP contribution in [0.4, 0.5) is 0 Å². The van der Waals surface area contributed by atoms with Crippen LogP contribution in [-0.4, -0.2) is 12.1 Å². The summed E-state index contributed by atoms with van der Waals surface area (Å²) in [7, 11) is 0. The molecule has 0 spiro atoms. The van der Waals surface area contributed by atoms with E-state index in [4.69, 9.17) is 4.74 Å². The molecule has 17 heavy (non-hydrogen) atoms. The van der Waals surface area contributed by atoms with E-state index in [0.29, 0.717) is 0 Å². The molecule has 2 heteroatoms. The summed E-state index contributed by atoms with van der Waals surface area (Å²) in [6, 6.07) is 0. The Balaban J connectivity index is 2.00. The highest BCUT2D eigenvalue weighted by atomic mass is 16.5. The molecule has 0 N–H and O–H groups in total. The highest BCUT2D eigenvalue weighted by Gasteiger charge is 2.24. The Morgan fingerprint density at radius 3 is 2.41 bits per heavy atom. The predicted molar refractivity (Wildman–Crippen MR) is 70.9 cm³/mol. The van der Waals surface area contributed by atoms with Crippen LogP contribution >= 0.6 is 0 Å². The van der Waals surface area contributed by atoms with Gasteiger partial charge < -0.3 is 4.74 Å². The molecule has 2 nitrogen and oxygen atoms in total. The number of carbonyl (C=O) groups excluding carboxylic acids is 1. The number of hydrogen-bond donors (Lipinski definition) is 0. The van der Waals surface area contributed by atoms with Crippen LogP contribution in [0.25, 0.3) is 0 Å². The number of ether oxygens (including phenoxy) is 1. The smallest absolute Gasteiger partial charge is 0.334 e. The number of allylic oxidation sites excluding steroid dienone is 1. The summed E-state index contributed by atoms with van der Waals surface area (Å²) in [5.74, 6) is -0.0968. The summed E-state index contributed by atoms with van der Waals surface area (Å²) < 4.78 is 5.09. The number of unbranched alkanes of at least 4 members (excludes halogenated alkanes) is 7. The van der Waals surface area contributed by atoms with Crippen LogP contribution in [0.15, 0.2) is 11.6 Å². The molecule has 1 aliphatic rings. The maximum atomic E-state index is 11.3. The van der Waals surface area contributed by atoms with Crippen molar-refractivity contribution in [3.05, 3.63) is 11.6 Å². The van der Waals surface area contributed by atoms with Crippen LogP contribution in [0, 0.1) is 0 Å². The second-order valence-electron chi connectivity index (χ2n) is 5.06. The minimum atomic E-state index is -0.0968. The van der Waals surface area contributed by atoms with E-state index >= 15 is 0 Å². The Morgan fingerprint density at radius 1 is 1.18 bits per heavy atom. The van der Waals surface area contributed by atoms with Gasteiger partial charge in [-0.2, -0.15) is 0 Å². The molecule has 1 fully saturated rings. The summed E-state index contributed by atoms with van der Waals surface area (Å²) in [5.41, 5.74) is 0.892. The Kier molecular flexibility index (Phi) is 6.99. The van der Waals surface area contributed by atoms with Crippen molar-refractivity contribution in [3.8, 4) is 0 Å². The molecule has 1 aliphatic heterocycles. The van der Waals surface area contributed by atoms with Gasteiger partial charge in [0.15, 0.2) is 0 Å². The van der Waals surface area contributed by atoms with Crippen molar-refractivity contribution in [1.29, 1.82) is 0 Å². The van der Waals surface area contributed by atoms with Crippen molar-refractivity contribution in [1.82, 2.24) is 0 Å². The number of rotatable bonds is 8. The highest BCUT2D eigenvalue weighted by molar-refractivity contribution is 5.90. The maximum Gasteiger partial charge on any atom is 0.334 e. The summed E-state index contributed by atoms with van der Waals surface area (Å²) in [6.07, 6.45) is 13.3. The van der Waals surface area contributed by atoms with Gasteiger partial charge in [0.25, 0.3) is 0 Å². The fourth-order valence-corrected chi connectivity index (χ4v) is 2.24. The number of carbonyl (C=O) groups is 1. The third-order valence-corrected chi connectivity index (χ3v) is 3.28. The maximum absolute atomic E-state index is 11.3. The van der Waals surface area contributed by atoms with Crippen LogP contribution in [0.5, 0.6) is 0 Å². The van der Waals surface area contributed by atoms with Crippen molar-refractivity contribution in [2.24, 2.45) is 0 Å². The van der Waals surface area contributed by atoms with Gasteiger partial charge in [-0.05, 0) is 19.8 Å². The lowest BCUT2D eigenvalue weighted by Gasteiger charge is -1.99. The SMILES string of the molecule is CCCCCCCCC/C=C1\CC(C)OC1=O. The van der Waals surface area contributed by atoms with Crippen molar-refractivity contribution in [2.45, 2.75) is 77.7 Å². The molecule has 0 radical (unpaired) electrons. The van der Waals surface area contributed by atoms with E-state index in [2.05, 4.69) is 13.0 Å². The van der Waals surface area contributed by atoms with E-state index in [1.54, 1.807) is 0 Å². The average molecular weight is 238 g/mol. The highest BCUT2D eigenvalue weighted by Crippen LogP contribution is 2.20. The summed E-state index contributed by atoms with van der Waals surface area (Å²) in [4.78, 5) is 11.3. The third kappa shape index (κ3) is 5.90. The molecule has 0 aromatic heterocycles. The Bertz CT molecular complexity index is 256. The van der Waals surface area contributed by atoms with E-state index < -0.39 is 0 Å². The molecule has 1 saturated heterocycles. The molecular weight excluding hydrogens is 212 g/mol. The Hall–Kier alpha value is -0.790. The lowest BCUT2D eigenvalue weighted by atomic mass is 10.1. The second-order valence-corrected chi connectivity index (χ2v) is 5.06. The molecule has 1 unspecified atom stereocenters. The minimum Gasteiger partial charge on any atom is -0.459 e. The molecule has 0 saturated carbocycles. The van der Waals surface area contributed by atoms with Gasteiger partial charge in [-0.3, -0.25) is 0 Å². The number of cyclic esters (lactones) is 1. The number of hydrogen-bond acceptors (Lipinski definition) is 2. The molecule has 98 valence electrons. The molecule has 0 aromatic rings. The zero-order valence-electron chi connectivity index (χ0n) is 11.3. The zero-order chi connectivity index (χ0) is 12.5. The summed E-state index contributed by atoms with van der Waals surface area (Å²) in [6.45, 7) is 4.19. The first kappa shape index (κ1) is 14.3. The molecule has 0 bridgehead atoms. The Labute approximate surface area is 105 Å². The van der Waals surface area contributed by atoms with Crippen molar-refractivity contribution >= 4 is 5.97 Å². The van der Waals surface area contributed by atoms with Crippen LogP contribution in [0.1, 0.15) is 71.6 Å². The third-order valence-electron chi connectivity index (χ3n) is 3.28. The first-order valence-corrected chi connectivity index (χ1v) is 7.14. The molecule has 1 heterocycles. The Morgan fingerprint density at radius 2 is 1.82 bits per heavy atom. The van der Waals surface area contributed by atoms with Gasteiger partial charge in [-0.15, -0.1) is 0 Å². The molecule has 0 aliphatic carbocycles. The zero-order valence-corrected chi connectivity index (χ0v) is 11.3. The fourth-order valence-electron chi connectivity index (χ4n) is 2.24.